The lowest BCUT2D eigenvalue weighted by molar-refractivity contribution is 0.0846. The Kier molecular flexibility index (Phi) is 5.35. The second-order valence-corrected chi connectivity index (χ2v) is 7.72. The zero-order valence-corrected chi connectivity index (χ0v) is 14.0. The maximum Gasteiger partial charge on any atom is 0.134 e. The Labute approximate surface area is 130 Å². The summed E-state index contributed by atoms with van der Waals surface area (Å²) in [6.45, 7) is 6.10. The Morgan fingerprint density at radius 1 is 1.20 bits per heavy atom. The molecule has 2 bridgehead atoms. The number of nitrogens with zero attached hydrogens (tertiary/aromatic N) is 3. The molecule has 0 spiro atoms. The van der Waals surface area contributed by atoms with Crippen molar-refractivity contribution < 1.29 is 0 Å². The van der Waals surface area contributed by atoms with Crippen molar-refractivity contribution in [2.24, 2.45) is 5.92 Å². The molecule has 1 aromatic heterocycles. The summed E-state index contributed by atoms with van der Waals surface area (Å²) in [4.78, 5) is 2.61. The van der Waals surface area contributed by atoms with Crippen LogP contribution in [0.4, 0.5) is 0 Å². The zero-order valence-electron chi connectivity index (χ0n) is 12.4. The van der Waals surface area contributed by atoms with Crippen molar-refractivity contribution in [3.63, 3.8) is 0 Å². The summed E-state index contributed by atoms with van der Waals surface area (Å²) >= 11 is 3.36. The fraction of sp³-hybridized carbons (Fsp3) is 0.867. The molecule has 0 aliphatic carbocycles. The molecule has 4 heterocycles. The molecule has 0 amide bonds. The highest BCUT2D eigenvalue weighted by Crippen LogP contribution is 2.41. The Morgan fingerprint density at radius 2 is 2.05 bits per heavy atom. The largest absolute Gasteiger partial charge is 0.303 e. The van der Waals surface area contributed by atoms with Crippen LogP contribution in [0.15, 0.2) is 5.03 Å². The fourth-order valence-corrected chi connectivity index (χ4v) is 5.26. The molecule has 1 atom stereocenters. The molecule has 4 rings (SSSR count). The minimum absolute atomic E-state index is 0.661. The predicted octanol–water partition coefficient (Wildman–Crippen LogP) is 4.02. The van der Waals surface area contributed by atoms with Gasteiger partial charge < -0.3 is 4.90 Å². The Balaban J connectivity index is 1.56. The minimum Gasteiger partial charge on any atom is -0.303 e. The number of aromatic nitrogens is 2. The van der Waals surface area contributed by atoms with Gasteiger partial charge in [0, 0.05) is 12.5 Å². The monoisotopic (exact) mass is 311 g/mol. The van der Waals surface area contributed by atoms with Crippen LogP contribution in [0, 0.1) is 5.92 Å². The molecule has 3 fully saturated rings. The normalized spacial score (nSPS) is 28.9. The van der Waals surface area contributed by atoms with Crippen LogP contribution in [0.1, 0.15) is 57.1 Å². The van der Waals surface area contributed by atoms with Crippen LogP contribution in [0.5, 0.6) is 0 Å². The van der Waals surface area contributed by atoms with E-state index in [1.165, 1.54) is 86.4 Å². The van der Waals surface area contributed by atoms with Crippen LogP contribution >= 0.6 is 23.5 Å². The van der Waals surface area contributed by atoms with Crippen molar-refractivity contribution in [2.45, 2.75) is 56.4 Å². The molecule has 3 aliphatic rings. The zero-order chi connectivity index (χ0) is 13.8. The number of rotatable bonds is 7. The Morgan fingerprint density at radius 3 is 2.75 bits per heavy atom. The molecule has 3 saturated heterocycles. The molecular weight excluding hydrogens is 286 g/mol. The van der Waals surface area contributed by atoms with Gasteiger partial charge in [0.2, 0.25) is 0 Å². The standard InChI is InChI=1S/C15H25N3S2/c1-2-3-4-5-10-19-15-14(16-20-17-15)13-11-18-8-6-12(13)7-9-18/h12-13H,2-11H2,1H3. The molecule has 0 radical (unpaired) electrons. The third kappa shape index (κ3) is 3.37. The molecule has 0 N–H and O–H groups in total. The van der Waals surface area contributed by atoms with Gasteiger partial charge in [-0.1, -0.05) is 26.2 Å². The van der Waals surface area contributed by atoms with Gasteiger partial charge in [0.25, 0.3) is 0 Å². The van der Waals surface area contributed by atoms with E-state index in [1.54, 1.807) is 0 Å². The summed E-state index contributed by atoms with van der Waals surface area (Å²) in [6, 6.07) is 0. The van der Waals surface area contributed by atoms with Crippen LogP contribution in [-0.4, -0.2) is 39.0 Å². The van der Waals surface area contributed by atoms with Crippen molar-refractivity contribution in [2.75, 3.05) is 25.4 Å². The number of fused-ring (bicyclic) bond motifs is 3. The summed E-state index contributed by atoms with van der Waals surface area (Å²) in [6.07, 6.45) is 8.08. The molecule has 3 aliphatic heterocycles. The van der Waals surface area contributed by atoms with Crippen LogP contribution in [0.2, 0.25) is 0 Å². The molecule has 3 nitrogen and oxygen atoms in total. The maximum atomic E-state index is 4.66. The summed E-state index contributed by atoms with van der Waals surface area (Å²) in [5.74, 6) is 2.73. The number of unbranched alkanes of at least 4 members (excludes halogenated alkanes) is 3. The number of thioether (sulfide) groups is 1. The Bertz CT molecular complexity index is 413. The maximum absolute atomic E-state index is 4.66. The number of piperidine rings is 3. The van der Waals surface area contributed by atoms with Gasteiger partial charge in [-0.2, -0.15) is 8.75 Å². The SMILES string of the molecule is CCCCCCSc1nsnc1C1CN2CCC1CC2. The molecule has 0 saturated carbocycles. The highest BCUT2D eigenvalue weighted by molar-refractivity contribution is 7.99. The number of hydrogen-bond acceptors (Lipinski definition) is 5. The van der Waals surface area contributed by atoms with Gasteiger partial charge in [0.15, 0.2) is 0 Å². The minimum atomic E-state index is 0.661. The lowest BCUT2D eigenvalue weighted by atomic mass is 9.78. The highest BCUT2D eigenvalue weighted by Gasteiger charge is 2.37. The van der Waals surface area contributed by atoms with Crippen molar-refractivity contribution in [1.29, 1.82) is 0 Å². The van der Waals surface area contributed by atoms with Gasteiger partial charge in [-0.05, 0) is 44.0 Å². The van der Waals surface area contributed by atoms with Crippen LogP contribution < -0.4 is 0 Å². The van der Waals surface area contributed by atoms with Crippen LogP contribution in [0.25, 0.3) is 0 Å². The van der Waals surface area contributed by atoms with Crippen LogP contribution in [-0.2, 0) is 0 Å². The second kappa shape index (κ2) is 7.23. The van der Waals surface area contributed by atoms with Crippen molar-refractivity contribution in [3.05, 3.63) is 5.69 Å². The first-order chi connectivity index (χ1) is 9.88. The molecule has 5 heteroatoms. The van der Waals surface area contributed by atoms with E-state index in [-0.39, 0.29) is 0 Å². The lowest BCUT2D eigenvalue weighted by Gasteiger charge is -2.44. The van der Waals surface area contributed by atoms with Gasteiger partial charge >= 0.3 is 0 Å². The van der Waals surface area contributed by atoms with E-state index in [4.69, 9.17) is 0 Å². The molecule has 1 aromatic rings. The highest BCUT2D eigenvalue weighted by atomic mass is 32.2. The second-order valence-electron chi connectivity index (χ2n) is 6.11. The summed E-state index contributed by atoms with van der Waals surface area (Å²) < 4.78 is 9.22. The average Bonchev–Trinajstić information content (AvgIpc) is 2.96. The topological polar surface area (TPSA) is 29.0 Å². The lowest BCUT2D eigenvalue weighted by Crippen LogP contribution is -2.46. The van der Waals surface area contributed by atoms with E-state index >= 15 is 0 Å². The smallest absolute Gasteiger partial charge is 0.134 e. The van der Waals surface area contributed by atoms with E-state index < -0.39 is 0 Å². The third-order valence-corrected chi connectivity index (χ3v) is 6.45. The first kappa shape index (κ1) is 14.8. The van der Waals surface area contributed by atoms with Gasteiger partial charge in [0.1, 0.15) is 5.03 Å². The van der Waals surface area contributed by atoms with E-state index in [2.05, 4.69) is 20.6 Å². The Hall–Kier alpha value is -0.130. The van der Waals surface area contributed by atoms with Crippen molar-refractivity contribution in [1.82, 2.24) is 13.6 Å². The molecule has 112 valence electrons. The average molecular weight is 312 g/mol. The summed E-state index contributed by atoms with van der Waals surface area (Å²) in [5, 5.41) is 1.24. The van der Waals surface area contributed by atoms with Crippen molar-refractivity contribution in [3.8, 4) is 0 Å². The van der Waals surface area contributed by atoms with E-state index in [1.807, 2.05) is 11.8 Å². The van der Waals surface area contributed by atoms with E-state index in [0.717, 1.165) is 5.92 Å². The predicted molar refractivity (Wildman–Crippen MR) is 86.7 cm³/mol. The first-order valence-corrected chi connectivity index (χ1v) is 9.77. The summed E-state index contributed by atoms with van der Waals surface area (Å²) in [7, 11) is 0. The van der Waals surface area contributed by atoms with Gasteiger partial charge in [-0.3, -0.25) is 0 Å². The van der Waals surface area contributed by atoms with Gasteiger partial charge in [-0.25, -0.2) is 0 Å². The van der Waals surface area contributed by atoms with Crippen molar-refractivity contribution >= 4 is 23.5 Å². The van der Waals surface area contributed by atoms with Gasteiger partial charge in [0.05, 0.1) is 17.4 Å². The quantitative estimate of drug-likeness (QED) is 0.562. The summed E-state index contributed by atoms with van der Waals surface area (Å²) in [5.41, 5.74) is 1.32. The molecular formula is C15H25N3S2. The number of hydrogen-bond donors (Lipinski definition) is 0. The molecule has 1 unspecified atom stereocenters. The molecule has 20 heavy (non-hydrogen) atoms. The third-order valence-electron chi connectivity index (χ3n) is 4.73. The van der Waals surface area contributed by atoms with Crippen LogP contribution in [0.3, 0.4) is 0 Å². The fourth-order valence-electron chi connectivity index (χ4n) is 3.49. The first-order valence-electron chi connectivity index (χ1n) is 8.06. The molecule has 0 aromatic carbocycles. The van der Waals surface area contributed by atoms with E-state index in [9.17, 15) is 0 Å². The van der Waals surface area contributed by atoms with E-state index in [0.29, 0.717) is 5.92 Å². The van der Waals surface area contributed by atoms with Gasteiger partial charge in [-0.15, -0.1) is 11.8 Å².